The summed E-state index contributed by atoms with van der Waals surface area (Å²) in [4.78, 5) is 33.0. The van der Waals surface area contributed by atoms with Gasteiger partial charge >= 0.3 is 11.9 Å². The predicted molar refractivity (Wildman–Crippen MR) is 115 cm³/mol. The van der Waals surface area contributed by atoms with Crippen LogP contribution in [0.15, 0.2) is 42.5 Å². The summed E-state index contributed by atoms with van der Waals surface area (Å²) in [6.07, 6.45) is 1.90. The number of nitrogens with one attached hydrogen (secondary N) is 1. The third-order valence-electron chi connectivity index (χ3n) is 4.91. The molecule has 0 saturated carbocycles. The van der Waals surface area contributed by atoms with Crippen LogP contribution in [-0.2, 0) is 20.9 Å². The number of aliphatic carboxylic acids is 2. The lowest BCUT2D eigenvalue weighted by Crippen LogP contribution is -2.46. The summed E-state index contributed by atoms with van der Waals surface area (Å²) in [5.74, 6) is -3.27. The zero-order chi connectivity index (χ0) is 22.3. The molecule has 2 aromatic rings. The molecule has 0 aromatic heterocycles. The Labute approximate surface area is 176 Å². The third-order valence-corrected chi connectivity index (χ3v) is 4.91. The third kappa shape index (κ3) is 7.15. The number of piperidine rings is 1. The molecule has 1 amide bonds. The number of carboxylic acids is 2. The van der Waals surface area contributed by atoms with Gasteiger partial charge in [-0.3, -0.25) is 9.69 Å². The Morgan fingerprint density at radius 1 is 0.967 bits per heavy atom. The van der Waals surface area contributed by atoms with Crippen molar-refractivity contribution in [1.82, 2.24) is 10.2 Å². The van der Waals surface area contributed by atoms with E-state index in [1.807, 2.05) is 20.8 Å². The molecule has 0 atom stereocenters. The minimum absolute atomic E-state index is 0.142. The summed E-state index contributed by atoms with van der Waals surface area (Å²) < 4.78 is 0. The monoisotopic (exact) mass is 414 g/mol. The largest absolute Gasteiger partial charge is 0.473 e. The molecule has 3 rings (SSSR count). The molecule has 162 valence electrons. The van der Waals surface area contributed by atoms with E-state index in [1.165, 1.54) is 16.3 Å². The Hall–Kier alpha value is -2.93. The van der Waals surface area contributed by atoms with E-state index in [9.17, 15) is 4.79 Å². The maximum atomic E-state index is 12.3. The molecule has 0 spiro atoms. The number of likely N-dealkylation sites (tertiary alicyclic amines) is 1. The number of nitrogens with zero attached hydrogens (tertiary/aromatic N) is 1. The summed E-state index contributed by atoms with van der Waals surface area (Å²) in [5.41, 5.74) is 1.24. The van der Waals surface area contributed by atoms with Crippen LogP contribution in [0.1, 0.15) is 39.2 Å². The zero-order valence-electron chi connectivity index (χ0n) is 17.7. The van der Waals surface area contributed by atoms with Gasteiger partial charge in [-0.2, -0.15) is 0 Å². The van der Waals surface area contributed by atoms with Crippen molar-refractivity contribution in [3.05, 3.63) is 48.0 Å². The lowest BCUT2D eigenvalue weighted by atomic mass is 9.94. The van der Waals surface area contributed by atoms with Crippen molar-refractivity contribution in [2.45, 2.75) is 45.7 Å². The Bertz CT molecular complexity index is 879. The van der Waals surface area contributed by atoms with Gasteiger partial charge in [0.15, 0.2) is 0 Å². The van der Waals surface area contributed by atoms with Crippen molar-refractivity contribution in [1.29, 1.82) is 0 Å². The molecule has 0 aliphatic carbocycles. The molecular weight excluding hydrogens is 384 g/mol. The fourth-order valence-corrected chi connectivity index (χ4v) is 3.50. The first-order valence-electron chi connectivity index (χ1n) is 10.0. The topological polar surface area (TPSA) is 107 Å². The molecule has 0 radical (unpaired) electrons. The summed E-state index contributed by atoms with van der Waals surface area (Å²) >= 11 is 0. The van der Waals surface area contributed by atoms with E-state index in [4.69, 9.17) is 19.8 Å². The second kappa shape index (κ2) is 10.2. The highest BCUT2D eigenvalue weighted by Gasteiger charge is 2.27. The molecule has 7 heteroatoms. The predicted octanol–water partition coefficient (Wildman–Crippen LogP) is 3.12. The lowest BCUT2D eigenvalue weighted by molar-refractivity contribution is -0.159. The van der Waals surface area contributed by atoms with E-state index in [0.717, 1.165) is 32.5 Å². The first-order chi connectivity index (χ1) is 14.1. The Kier molecular flexibility index (Phi) is 7.94. The number of carboxylic acid groups (broad SMARTS) is 2. The van der Waals surface area contributed by atoms with Gasteiger partial charge in [-0.05, 0) is 63.0 Å². The summed E-state index contributed by atoms with van der Waals surface area (Å²) in [5, 5.41) is 20.5. The van der Waals surface area contributed by atoms with Crippen LogP contribution in [0.4, 0.5) is 0 Å². The van der Waals surface area contributed by atoms with Crippen LogP contribution in [0.3, 0.4) is 0 Å². The van der Waals surface area contributed by atoms with Gasteiger partial charge in [-0.1, -0.05) is 42.5 Å². The van der Waals surface area contributed by atoms with Gasteiger partial charge in [0.2, 0.25) is 5.91 Å². The normalized spacial score (nSPS) is 15.2. The van der Waals surface area contributed by atoms with Gasteiger partial charge in [0.05, 0.1) is 0 Å². The van der Waals surface area contributed by atoms with E-state index in [2.05, 4.69) is 52.7 Å². The van der Waals surface area contributed by atoms with Gasteiger partial charge in [0.25, 0.3) is 0 Å². The SMILES string of the molecule is CC(C)(C)NC(=O)C1CCN(Cc2cccc3ccccc23)CC1.O=C(O)C(=O)O. The molecular formula is C23H30N2O5. The second-order valence-corrected chi connectivity index (χ2v) is 8.54. The lowest BCUT2D eigenvalue weighted by Gasteiger charge is -2.33. The van der Waals surface area contributed by atoms with Crippen LogP contribution >= 0.6 is 0 Å². The second-order valence-electron chi connectivity index (χ2n) is 8.54. The van der Waals surface area contributed by atoms with Crippen LogP contribution < -0.4 is 5.32 Å². The van der Waals surface area contributed by atoms with Gasteiger partial charge < -0.3 is 15.5 Å². The average Bonchev–Trinajstić information content (AvgIpc) is 2.68. The fourth-order valence-electron chi connectivity index (χ4n) is 3.50. The molecule has 0 unspecified atom stereocenters. The molecule has 1 fully saturated rings. The van der Waals surface area contributed by atoms with Crippen LogP contribution in [-0.4, -0.2) is 51.6 Å². The van der Waals surface area contributed by atoms with Crippen molar-refractivity contribution in [2.24, 2.45) is 5.92 Å². The van der Waals surface area contributed by atoms with E-state index in [1.54, 1.807) is 0 Å². The molecule has 30 heavy (non-hydrogen) atoms. The van der Waals surface area contributed by atoms with Crippen molar-refractivity contribution < 1.29 is 24.6 Å². The van der Waals surface area contributed by atoms with Crippen LogP contribution in [0.5, 0.6) is 0 Å². The van der Waals surface area contributed by atoms with E-state index >= 15 is 0 Å². The number of rotatable bonds is 3. The zero-order valence-corrected chi connectivity index (χ0v) is 17.7. The summed E-state index contributed by atoms with van der Waals surface area (Å²) in [6.45, 7) is 9.08. The molecule has 2 aromatic carbocycles. The number of carbonyl (C=O) groups excluding carboxylic acids is 1. The Balaban J connectivity index is 0.000000469. The number of amides is 1. The van der Waals surface area contributed by atoms with Crippen LogP contribution in [0, 0.1) is 5.92 Å². The number of hydrogen-bond acceptors (Lipinski definition) is 4. The van der Waals surface area contributed by atoms with Crippen molar-refractivity contribution in [3.8, 4) is 0 Å². The molecule has 1 aliphatic heterocycles. The molecule has 1 aliphatic rings. The van der Waals surface area contributed by atoms with Crippen LogP contribution in [0.25, 0.3) is 10.8 Å². The molecule has 0 bridgehead atoms. The summed E-state index contributed by atoms with van der Waals surface area (Å²) in [6, 6.07) is 15.1. The first-order valence-corrected chi connectivity index (χ1v) is 10.0. The van der Waals surface area contributed by atoms with Crippen molar-refractivity contribution in [3.63, 3.8) is 0 Å². The maximum absolute atomic E-state index is 12.3. The molecule has 7 nitrogen and oxygen atoms in total. The highest BCUT2D eigenvalue weighted by Crippen LogP contribution is 2.24. The minimum Gasteiger partial charge on any atom is -0.473 e. The molecule has 3 N–H and O–H groups in total. The van der Waals surface area contributed by atoms with Gasteiger partial charge in [0.1, 0.15) is 0 Å². The van der Waals surface area contributed by atoms with Gasteiger partial charge in [-0.25, -0.2) is 9.59 Å². The number of carbonyl (C=O) groups is 3. The molecule has 1 saturated heterocycles. The van der Waals surface area contributed by atoms with Crippen LogP contribution in [0.2, 0.25) is 0 Å². The fraction of sp³-hybridized carbons (Fsp3) is 0.435. The number of benzene rings is 2. The van der Waals surface area contributed by atoms with Gasteiger partial charge in [-0.15, -0.1) is 0 Å². The standard InChI is InChI=1S/C21H28N2O.C2H2O4/c1-21(2,3)22-20(24)17-11-13-23(14-12-17)15-18-9-6-8-16-7-4-5-10-19(16)18;3-1(4)2(5)6/h4-10,17H,11-15H2,1-3H3,(H,22,24);(H,3,4)(H,5,6). The average molecular weight is 415 g/mol. The van der Waals surface area contributed by atoms with Gasteiger partial charge in [0, 0.05) is 18.0 Å². The first kappa shape index (κ1) is 23.3. The van der Waals surface area contributed by atoms with E-state index < -0.39 is 11.9 Å². The number of fused-ring (bicyclic) bond motifs is 1. The maximum Gasteiger partial charge on any atom is 0.414 e. The van der Waals surface area contributed by atoms with Crippen molar-refractivity contribution >= 4 is 28.6 Å². The highest BCUT2D eigenvalue weighted by atomic mass is 16.4. The van der Waals surface area contributed by atoms with E-state index in [-0.39, 0.29) is 17.4 Å². The quantitative estimate of drug-likeness (QED) is 0.666. The Morgan fingerprint density at radius 3 is 2.10 bits per heavy atom. The highest BCUT2D eigenvalue weighted by molar-refractivity contribution is 6.27. The van der Waals surface area contributed by atoms with E-state index in [0.29, 0.717) is 0 Å². The number of hydrogen-bond donors (Lipinski definition) is 3. The molecule has 1 heterocycles. The Morgan fingerprint density at radius 2 is 1.53 bits per heavy atom. The summed E-state index contributed by atoms with van der Waals surface area (Å²) in [7, 11) is 0. The minimum atomic E-state index is -1.82. The van der Waals surface area contributed by atoms with Crippen molar-refractivity contribution in [2.75, 3.05) is 13.1 Å². The smallest absolute Gasteiger partial charge is 0.414 e.